The second-order valence-corrected chi connectivity index (χ2v) is 5.41. The van der Waals surface area contributed by atoms with Crippen molar-refractivity contribution >= 4 is 40.7 Å². The number of nitrogen functional groups attached to an aromatic ring is 1. The second-order valence-electron chi connectivity index (χ2n) is 3.58. The average molecular weight is 284 g/mol. The van der Waals surface area contributed by atoms with Crippen LogP contribution in [0.4, 0.5) is 5.69 Å². The normalized spacial score (nSPS) is 10.5. The number of hydrogen-bond donors (Lipinski definition) is 1. The molecule has 0 aliphatic carbocycles. The highest BCUT2D eigenvalue weighted by molar-refractivity contribution is 7.98. The predicted octanol–water partition coefficient (Wildman–Crippen LogP) is 4.87. The van der Waals surface area contributed by atoms with E-state index in [9.17, 15) is 0 Å². The summed E-state index contributed by atoms with van der Waals surface area (Å²) in [5.74, 6) is 0.864. The lowest BCUT2D eigenvalue weighted by molar-refractivity contribution is 1.38. The Kier molecular flexibility index (Phi) is 4.21. The van der Waals surface area contributed by atoms with Gasteiger partial charge < -0.3 is 5.73 Å². The first-order valence-electron chi connectivity index (χ1n) is 5.08. The van der Waals surface area contributed by atoms with Gasteiger partial charge in [-0.1, -0.05) is 53.5 Å². The number of benzene rings is 2. The number of rotatable bonds is 3. The van der Waals surface area contributed by atoms with Crippen molar-refractivity contribution in [1.29, 1.82) is 0 Å². The summed E-state index contributed by atoms with van der Waals surface area (Å²) in [5.41, 5.74) is 7.81. The van der Waals surface area contributed by atoms with Gasteiger partial charge in [-0.15, -0.1) is 11.8 Å². The van der Waals surface area contributed by atoms with E-state index in [1.807, 2.05) is 24.3 Å². The second kappa shape index (κ2) is 5.67. The van der Waals surface area contributed by atoms with Gasteiger partial charge in [-0.3, -0.25) is 0 Å². The fourth-order valence-corrected chi connectivity index (χ4v) is 2.75. The molecule has 2 rings (SSSR count). The van der Waals surface area contributed by atoms with Gasteiger partial charge in [-0.2, -0.15) is 0 Å². The zero-order valence-electron chi connectivity index (χ0n) is 8.99. The molecule has 2 N–H and O–H groups in total. The van der Waals surface area contributed by atoms with E-state index in [4.69, 9.17) is 28.9 Å². The maximum absolute atomic E-state index is 5.97. The molecule has 0 amide bonds. The van der Waals surface area contributed by atoms with Gasteiger partial charge >= 0.3 is 0 Å². The zero-order valence-corrected chi connectivity index (χ0v) is 11.3. The van der Waals surface area contributed by atoms with Crippen LogP contribution in [-0.4, -0.2) is 0 Å². The molecule has 1 nitrogen and oxygen atoms in total. The Morgan fingerprint density at radius 1 is 1.00 bits per heavy atom. The van der Waals surface area contributed by atoms with Gasteiger partial charge in [0.15, 0.2) is 0 Å². The SMILES string of the molecule is Nc1cc(Cl)c(Cl)cc1SCc1ccccc1. The fraction of sp³-hybridized carbons (Fsp3) is 0.0769. The molecule has 0 fully saturated rings. The standard InChI is InChI=1S/C13H11Cl2NS/c14-10-6-12(16)13(7-11(10)15)17-8-9-4-2-1-3-5-9/h1-7H,8,16H2. The first-order valence-corrected chi connectivity index (χ1v) is 6.82. The van der Waals surface area contributed by atoms with Crippen LogP contribution < -0.4 is 5.73 Å². The van der Waals surface area contributed by atoms with Crippen LogP contribution in [0.3, 0.4) is 0 Å². The molecule has 0 saturated carbocycles. The van der Waals surface area contributed by atoms with E-state index in [-0.39, 0.29) is 0 Å². The summed E-state index contributed by atoms with van der Waals surface area (Å²) < 4.78 is 0. The molecule has 0 spiro atoms. The van der Waals surface area contributed by atoms with Crippen molar-refractivity contribution in [1.82, 2.24) is 0 Å². The van der Waals surface area contributed by atoms with Crippen molar-refractivity contribution in [2.24, 2.45) is 0 Å². The number of thioether (sulfide) groups is 1. The molecule has 4 heteroatoms. The van der Waals surface area contributed by atoms with Crippen molar-refractivity contribution in [2.75, 3.05) is 5.73 Å². The molecule has 0 heterocycles. The summed E-state index contributed by atoms with van der Waals surface area (Å²) in [6.45, 7) is 0. The van der Waals surface area contributed by atoms with E-state index in [0.717, 1.165) is 10.6 Å². The Labute approximate surface area is 115 Å². The smallest absolute Gasteiger partial charge is 0.0613 e. The van der Waals surface area contributed by atoms with Crippen molar-refractivity contribution in [3.63, 3.8) is 0 Å². The maximum atomic E-state index is 5.97. The van der Waals surface area contributed by atoms with Crippen LogP contribution in [-0.2, 0) is 5.75 Å². The summed E-state index contributed by atoms with van der Waals surface area (Å²) in [5, 5.41) is 1.03. The third-order valence-corrected chi connectivity index (χ3v) is 4.15. The Morgan fingerprint density at radius 2 is 1.65 bits per heavy atom. The lowest BCUT2D eigenvalue weighted by Gasteiger charge is -2.07. The summed E-state index contributed by atoms with van der Waals surface area (Å²) >= 11 is 13.5. The zero-order chi connectivity index (χ0) is 12.3. The lowest BCUT2D eigenvalue weighted by atomic mass is 10.2. The quantitative estimate of drug-likeness (QED) is 0.643. The average Bonchev–Trinajstić information content (AvgIpc) is 2.33. The first kappa shape index (κ1) is 12.6. The summed E-state index contributed by atoms with van der Waals surface area (Å²) in [7, 11) is 0. The lowest BCUT2D eigenvalue weighted by Crippen LogP contribution is -1.89. The summed E-state index contributed by atoms with van der Waals surface area (Å²) in [6, 6.07) is 13.7. The van der Waals surface area contributed by atoms with Crippen LogP contribution in [0.5, 0.6) is 0 Å². The third-order valence-electron chi connectivity index (χ3n) is 2.29. The molecule has 0 bridgehead atoms. The van der Waals surface area contributed by atoms with Gasteiger partial charge in [-0.25, -0.2) is 0 Å². The Hall–Kier alpha value is -0.830. The minimum Gasteiger partial charge on any atom is -0.398 e. The van der Waals surface area contributed by atoms with Crippen LogP contribution in [0, 0.1) is 0 Å². The van der Waals surface area contributed by atoms with Crippen molar-refractivity contribution in [3.05, 3.63) is 58.1 Å². The maximum Gasteiger partial charge on any atom is 0.0613 e. The van der Waals surface area contributed by atoms with Gasteiger partial charge in [0.05, 0.1) is 10.0 Å². The molecule has 2 aromatic rings. The Morgan fingerprint density at radius 3 is 2.35 bits per heavy atom. The van der Waals surface area contributed by atoms with Crippen LogP contribution in [0.2, 0.25) is 10.0 Å². The largest absolute Gasteiger partial charge is 0.398 e. The summed E-state index contributed by atoms with van der Waals surface area (Å²) in [4.78, 5) is 0.961. The fourth-order valence-electron chi connectivity index (χ4n) is 1.40. The number of halogens is 2. The van der Waals surface area contributed by atoms with Crippen molar-refractivity contribution in [3.8, 4) is 0 Å². The predicted molar refractivity (Wildman–Crippen MR) is 76.9 cm³/mol. The molecule has 0 saturated heterocycles. The molecule has 2 aromatic carbocycles. The first-order chi connectivity index (χ1) is 8.16. The van der Waals surface area contributed by atoms with E-state index in [1.165, 1.54) is 5.56 Å². The number of hydrogen-bond acceptors (Lipinski definition) is 2. The van der Waals surface area contributed by atoms with E-state index >= 15 is 0 Å². The molecule has 0 unspecified atom stereocenters. The molecule has 17 heavy (non-hydrogen) atoms. The van der Waals surface area contributed by atoms with Crippen molar-refractivity contribution in [2.45, 2.75) is 10.6 Å². The number of nitrogens with two attached hydrogens (primary N) is 1. The van der Waals surface area contributed by atoms with E-state index in [0.29, 0.717) is 15.7 Å². The molecule has 0 radical (unpaired) electrons. The van der Waals surface area contributed by atoms with Crippen LogP contribution in [0.15, 0.2) is 47.4 Å². The third kappa shape index (κ3) is 3.32. The van der Waals surface area contributed by atoms with Gasteiger partial charge in [0.25, 0.3) is 0 Å². The number of anilines is 1. The molecule has 88 valence electrons. The topological polar surface area (TPSA) is 26.0 Å². The van der Waals surface area contributed by atoms with E-state index < -0.39 is 0 Å². The highest BCUT2D eigenvalue weighted by atomic mass is 35.5. The Balaban J connectivity index is 2.12. The molecule has 0 aromatic heterocycles. The minimum atomic E-state index is 0.494. The molecule has 0 aliphatic heterocycles. The van der Waals surface area contributed by atoms with Crippen molar-refractivity contribution < 1.29 is 0 Å². The van der Waals surface area contributed by atoms with E-state index in [1.54, 1.807) is 17.8 Å². The highest BCUT2D eigenvalue weighted by Crippen LogP contribution is 2.34. The molecule has 0 aliphatic rings. The monoisotopic (exact) mass is 283 g/mol. The van der Waals surface area contributed by atoms with Crippen LogP contribution in [0.25, 0.3) is 0 Å². The van der Waals surface area contributed by atoms with Gasteiger partial charge in [-0.05, 0) is 17.7 Å². The van der Waals surface area contributed by atoms with Crippen LogP contribution in [0.1, 0.15) is 5.56 Å². The molecular weight excluding hydrogens is 273 g/mol. The Bertz CT molecular complexity index is 514. The summed E-state index contributed by atoms with van der Waals surface area (Å²) in [6.07, 6.45) is 0. The van der Waals surface area contributed by atoms with Gasteiger partial charge in [0.2, 0.25) is 0 Å². The molecular formula is C13H11Cl2NS. The van der Waals surface area contributed by atoms with Crippen LogP contribution >= 0.6 is 35.0 Å². The van der Waals surface area contributed by atoms with Gasteiger partial charge in [0, 0.05) is 16.3 Å². The molecule has 0 atom stereocenters. The highest BCUT2D eigenvalue weighted by Gasteiger charge is 2.05. The van der Waals surface area contributed by atoms with Gasteiger partial charge in [0.1, 0.15) is 0 Å². The minimum absolute atomic E-state index is 0.494. The van der Waals surface area contributed by atoms with E-state index in [2.05, 4.69) is 12.1 Å².